The van der Waals surface area contributed by atoms with Crippen molar-refractivity contribution in [2.45, 2.75) is 24.9 Å². The average Bonchev–Trinajstić information content (AvgIpc) is 3.65. The van der Waals surface area contributed by atoms with Crippen molar-refractivity contribution in [3.8, 4) is 22.8 Å². The minimum atomic E-state index is 0.00223. The van der Waals surface area contributed by atoms with Crippen LogP contribution in [-0.4, -0.2) is 65.4 Å². The van der Waals surface area contributed by atoms with Crippen molar-refractivity contribution in [3.63, 3.8) is 0 Å². The van der Waals surface area contributed by atoms with Crippen molar-refractivity contribution >= 4 is 5.91 Å². The Morgan fingerprint density at radius 3 is 2.48 bits per heavy atom. The molecule has 1 aliphatic carbocycles. The van der Waals surface area contributed by atoms with E-state index in [1.165, 1.54) is 18.4 Å². The first kappa shape index (κ1) is 21.5. The molecule has 1 atom stereocenters. The van der Waals surface area contributed by atoms with Crippen LogP contribution in [0.3, 0.4) is 0 Å². The van der Waals surface area contributed by atoms with Crippen molar-refractivity contribution < 1.29 is 14.3 Å². The standard InChI is InChI=1S/C26H30N4O3/c1-28-23(16-22(27-28)21-15-20(32-2)11-12-25(21)33-3)26(31)30-14-13-29(19-9-10-19)17-24(30)18-7-5-4-6-8-18/h4-8,11-12,15-16,19,24H,9-10,13-14,17H2,1-3H3. The number of hydrogen-bond donors (Lipinski definition) is 0. The Morgan fingerprint density at radius 1 is 1.00 bits per heavy atom. The van der Waals surface area contributed by atoms with Crippen molar-refractivity contribution in [3.05, 3.63) is 65.9 Å². The normalized spacial score (nSPS) is 18.9. The molecule has 33 heavy (non-hydrogen) atoms. The molecule has 1 saturated carbocycles. The highest BCUT2D eigenvalue weighted by Gasteiger charge is 2.38. The summed E-state index contributed by atoms with van der Waals surface area (Å²) >= 11 is 0. The maximum Gasteiger partial charge on any atom is 0.272 e. The van der Waals surface area contributed by atoms with E-state index in [-0.39, 0.29) is 11.9 Å². The van der Waals surface area contributed by atoms with Crippen molar-refractivity contribution in [2.24, 2.45) is 7.05 Å². The predicted molar refractivity (Wildman–Crippen MR) is 127 cm³/mol. The minimum absolute atomic E-state index is 0.00223. The van der Waals surface area contributed by atoms with Crippen LogP contribution in [-0.2, 0) is 7.05 Å². The fraction of sp³-hybridized carbons (Fsp3) is 0.385. The molecule has 0 spiro atoms. The number of methoxy groups -OCH3 is 2. The van der Waals surface area contributed by atoms with Crippen LogP contribution in [0.4, 0.5) is 0 Å². The Balaban J connectivity index is 1.47. The van der Waals surface area contributed by atoms with Gasteiger partial charge in [0, 0.05) is 38.3 Å². The summed E-state index contributed by atoms with van der Waals surface area (Å²) in [5.41, 5.74) is 3.22. The number of rotatable bonds is 6. The highest BCUT2D eigenvalue weighted by atomic mass is 16.5. The third kappa shape index (κ3) is 4.20. The van der Waals surface area contributed by atoms with Crippen LogP contribution in [0.15, 0.2) is 54.6 Å². The number of hydrogen-bond acceptors (Lipinski definition) is 5. The second kappa shape index (κ2) is 8.90. The molecule has 2 aromatic carbocycles. The van der Waals surface area contributed by atoms with Gasteiger partial charge in [-0.25, -0.2) is 0 Å². The minimum Gasteiger partial charge on any atom is -0.497 e. The number of ether oxygens (including phenoxy) is 2. The Morgan fingerprint density at radius 2 is 1.79 bits per heavy atom. The van der Waals surface area contributed by atoms with Gasteiger partial charge in [-0.05, 0) is 42.7 Å². The van der Waals surface area contributed by atoms with E-state index < -0.39 is 0 Å². The van der Waals surface area contributed by atoms with Crippen molar-refractivity contribution in [1.82, 2.24) is 19.6 Å². The van der Waals surface area contributed by atoms with Gasteiger partial charge in [0.15, 0.2) is 0 Å². The third-order valence-electron chi connectivity index (χ3n) is 6.70. The first-order valence-electron chi connectivity index (χ1n) is 11.5. The fourth-order valence-corrected chi connectivity index (χ4v) is 4.74. The first-order chi connectivity index (χ1) is 16.1. The number of aryl methyl sites for hydroxylation is 1. The summed E-state index contributed by atoms with van der Waals surface area (Å²) in [7, 11) is 5.08. The first-order valence-corrected chi connectivity index (χ1v) is 11.5. The van der Waals surface area contributed by atoms with Gasteiger partial charge in [-0.2, -0.15) is 5.10 Å². The molecule has 0 bridgehead atoms. The zero-order valence-electron chi connectivity index (χ0n) is 19.4. The second-order valence-electron chi connectivity index (χ2n) is 8.76. The highest BCUT2D eigenvalue weighted by Crippen LogP contribution is 2.36. The largest absolute Gasteiger partial charge is 0.497 e. The molecule has 2 aliphatic rings. The molecule has 7 nitrogen and oxygen atoms in total. The number of aromatic nitrogens is 2. The van der Waals surface area contributed by atoms with Gasteiger partial charge >= 0.3 is 0 Å². The van der Waals surface area contributed by atoms with E-state index in [9.17, 15) is 4.79 Å². The SMILES string of the molecule is COc1ccc(OC)c(-c2cc(C(=O)N3CCN(C4CC4)CC3c3ccccc3)n(C)n2)c1. The van der Waals surface area contributed by atoms with Crippen LogP contribution < -0.4 is 9.47 Å². The van der Waals surface area contributed by atoms with Gasteiger partial charge in [0.2, 0.25) is 0 Å². The number of nitrogens with zero attached hydrogens (tertiary/aromatic N) is 4. The molecule has 3 aromatic rings. The van der Waals surface area contributed by atoms with Crippen molar-refractivity contribution in [1.29, 1.82) is 0 Å². The highest BCUT2D eigenvalue weighted by molar-refractivity contribution is 5.94. The number of carbonyl (C=O) groups is 1. The van der Waals surface area contributed by atoms with Gasteiger partial charge in [-0.1, -0.05) is 30.3 Å². The van der Waals surface area contributed by atoms with E-state index >= 15 is 0 Å². The number of benzene rings is 2. The average molecular weight is 447 g/mol. The number of carbonyl (C=O) groups excluding carboxylic acids is 1. The molecule has 172 valence electrons. The molecule has 5 rings (SSSR count). The molecule has 7 heteroatoms. The Kier molecular flexibility index (Phi) is 5.81. The molecular weight excluding hydrogens is 416 g/mol. The summed E-state index contributed by atoms with van der Waals surface area (Å²) < 4.78 is 12.6. The van der Waals surface area contributed by atoms with Crippen LogP contribution >= 0.6 is 0 Å². The topological polar surface area (TPSA) is 59.8 Å². The van der Waals surface area contributed by atoms with Crippen LogP contribution in [0, 0.1) is 0 Å². The lowest BCUT2D eigenvalue weighted by Crippen LogP contribution is -2.51. The van der Waals surface area contributed by atoms with Gasteiger partial charge in [0.25, 0.3) is 5.91 Å². The summed E-state index contributed by atoms with van der Waals surface area (Å²) in [5, 5.41) is 4.65. The van der Waals surface area contributed by atoms with Gasteiger partial charge in [0.05, 0.1) is 26.0 Å². The summed E-state index contributed by atoms with van der Waals surface area (Å²) in [5.74, 6) is 1.40. The molecule has 1 amide bonds. The van der Waals surface area contributed by atoms with E-state index in [2.05, 4.69) is 22.1 Å². The number of piperazine rings is 1. The maximum atomic E-state index is 13.8. The van der Waals surface area contributed by atoms with Gasteiger partial charge < -0.3 is 14.4 Å². The van der Waals surface area contributed by atoms with E-state index in [0.717, 1.165) is 18.7 Å². The van der Waals surface area contributed by atoms with E-state index in [0.29, 0.717) is 35.5 Å². The summed E-state index contributed by atoms with van der Waals surface area (Å²) in [6.45, 7) is 2.49. The predicted octanol–water partition coefficient (Wildman–Crippen LogP) is 3.77. The molecular formula is C26H30N4O3. The van der Waals surface area contributed by atoms with Crippen molar-refractivity contribution in [2.75, 3.05) is 33.9 Å². The Hall–Kier alpha value is -3.32. The molecule has 1 aromatic heterocycles. The monoisotopic (exact) mass is 446 g/mol. The zero-order valence-corrected chi connectivity index (χ0v) is 19.4. The lowest BCUT2D eigenvalue weighted by molar-refractivity contribution is 0.0423. The number of amides is 1. The van der Waals surface area contributed by atoms with Gasteiger partial charge in [0.1, 0.15) is 17.2 Å². The van der Waals surface area contributed by atoms with Crippen LogP contribution in [0.25, 0.3) is 11.3 Å². The van der Waals surface area contributed by atoms with E-state index in [1.807, 2.05) is 54.4 Å². The molecule has 2 fully saturated rings. The molecule has 1 aliphatic heterocycles. The van der Waals surface area contributed by atoms with Crippen LogP contribution in [0.5, 0.6) is 11.5 Å². The van der Waals surface area contributed by atoms with Gasteiger partial charge in [-0.3, -0.25) is 14.4 Å². The Labute approximate surface area is 194 Å². The van der Waals surface area contributed by atoms with Gasteiger partial charge in [-0.15, -0.1) is 0 Å². The molecule has 1 saturated heterocycles. The summed E-state index contributed by atoms with van der Waals surface area (Å²) in [6.07, 6.45) is 2.53. The molecule has 1 unspecified atom stereocenters. The molecule has 0 radical (unpaired) electrons. The Bertz CT molecular complexity index is 1140. The van der Waals surface area contributed by atoms with E-state index in [4.69, 9.17) is 9.47 Å². The quantitative estimate of drug-likeness (QED) is 0.577. The lowest BCUT2D eigenvalue weighted by atomic mass is 10.0. The second-order valence-corrected chi connectivity index (χ2v) is 8.76. The van der Waals surface area contributed by atoms with E-state index in [1.54, 1.807) is 18.9 Å². The zero-order chi connectivity index (χ0) is 22.9. The van der Waals surface area contributed by atoms with Crippen LogP contribution in [0.2, 0.25) is 0 Å². The summed E-state index contributed by atoms with van der Waals surface area (Å²) in [6, 6.07) is 18.5. The molecule has 2 heterocycles. The maximum absolute atomic E-state index is 13.8. The smallest absolute Gasteiger partial charge is 0.272 e. The molecule has 0 N–H and O–H groups in total. The summed E-state index contributed by atoms with van der Waals surface area (Å²) in [4.78, 5) is 18.4. The van der Waals surface area contributed by atoms with Crippen LogP contribution in [0.1, 0.15) is 34.9 Å². The lowest BCUT2D eigenvalue weighted by Gasteiger charge is -2.42. The fourth-order valence-electron chi connectivity index (χ4n) is 4.74. The third-order valence-corrected chi connectivity index (χ3v) is 6.70.